The van der Waals surface area contributed by atoms with Crippen molar-refractivity contribution in [1.29, 1.82) is 0 Å². The van der Waals surface area contributed by atoms with E-state index in [1.54, 1.807) is 31.2 Å². The van der Waals surface area contributed by atoms with E-state index in [1.165, 1.54) is 4.68 Å². The maximum Gasteiger partial charge on any atom is 0.358 e. The molecule has 0 unspecified atom stereocenters. The molecular formula is C14H15N3O4. The Balaban J connectivity index is 2.35. The van der Waals surface area contributed by atoms with Gasteiger partial charge < -0.3 is 9.84 Å². The molecule has 0 aliphatic rings. The van der Waals surface area contributed by atoms with E-state index in [9.17, 15) is 9.59 Å². The van der Waals surface area contributed by atoms with Gasteiger partial charge in [-0.05, 0) is 37.6 Å². The predicted octanol–water partition coefficient (Wildman–Crippen LogP) is 1.70. The van der Waals surface area contributed by atoms with Crippen LogP contribution in [0.4, 0.5) is 0 Å². The van der Waals surface area contributed by atoms with Gasteiger partial charge in [0.15, 0.2) is 5.69 Å². The highest BCUT2D eigenvalue weighted by Crippen LogP contribution is 2.15. The van der Waals surface area contributed by atoms with Crippen LogP contribution in [0.5, 0.6) is 0 Å². The van der Waals surface area contributed by atoms with E-state index >= 15 is 0 Å². The van der Waals surface area contributed by atoms with E-state index in [-0.39, 0.29) is 5.69 Å². The van der Waals surface area contributed by atoms with Crippen LogP contribution in [0.15, 0.2) is 24.3 Å². The number of ether oxygens (including phenoxy) is 1. The quantitative estimate of drug-likeness (QED) is 0.842. The van der Waals surface area contributed by atoms with Crippen molar-refractivity contribution < 1.29 is 19.4 Å². The highest BCUT2D eigenvalue weighted by molar-refractivity contribution is 5.89. The molecule has 0 saturated heterocycles. The number of carbonyl (C=O) groups excluding carboxylic acids is 1. The molecule has 0 aliphatic carbocycles. The molecule has 0 spiro atoms. The van der Waals surface area contributed by atoms with Gasteiger partial charge in [0.05, 0.1) is 23.6 Å². The van der Waals surface area contributed by atoms with Crippen LogP contribution in [-0.4, -0.2) is 38.6 Å². The minimum Gasteiger partial charge on any atom is -0.476 e. The van der Waals surface area contributed by atoms with Gasteiger partial charge in [0.2, 0.25) is 0 Å². The standard InChI is InChI=1S/C14H15N3O4/c1-3-11-12(13(18)19)15-16-17(11)10-7-5-9(6-8-10)14(20)21-4-2/h5-8H,3-4H2,1-2H3,(H,18,19). The molecule has 1 aromatic carbocycles. The van der Waals surface area contributed by atoms with Crippen molar-refractivity contribution >= 4 is 11.9 Å². The Bertz CT molecular complexity index is 661. The summed E-state index contributed by atoms with van der Waals surface area (Å²) in [5, 5.41) is 16.6. The summed E-state index contributed by atoms with van der Waals surface area (Å²) >= 11 is 0. The lowest BCUT2D eigenvalue weighted by molar-refractivity contribution is 0.0526. The van der Waals surface area contributed by atoms with E-state index in [4.69, 9.17) is 9.84 Å². The van der Waals surface area contributed by atoms with Gasteiger partial charge in [-0.3, -0.25) is 0 Å². The minimum atomic E-state index is -1.11. The van der Waals surface area contributed by atoms with Crippen molar-refractivity contribution in [3.63, 3.8) is 0 Å². The fourth-order valence-electron chi connectivity index (χ4n) is 1.95. The zero-order valence-corrected chi connectivity index (χ0v) is 11.7. The monoisotopic (exact) mass is 289 g/mol. The Kier molecular flexibility index (Phi) is 4.32. The average molecular weight is 289 g/mol. The van der Waals surface area contributed by atoms with Crippen molar-refractivity contribution in [2.24, 2.45) is 0 Å². The Labute approximate surface area is 121 Å². The van der Waals surface area contributed by atoms with Crippen molar-refractivity contribution in [1.82, 2.24) is 15.0 Å². The number of rotatable bonds is 5. The highest BCUT2D eigenvalue weighted by atomic mass is 16.5. The van der Waals surface area contributed by atoms with E-state index in [2.05, 4.69) is 10.3 Å². The largest absolute Gasteiger partial charge is 0.476 e. The first-order valence-corrected chi connectivity index (χ1v) is 6.53. The highest BCUT2D eigenvalue weighted by Gasteiger charge is 2.18. The van der Waals surface area contributed by atoms with Gasteiger partial charge in [-0.1, -0.05) is 12.1 Å². The number of aromatic carboxylic acids is 1. The van der Waals surface area contributed by atoms with Crippen molar-refractivity contribution in [3.05, 3.63) is 41.2 Å². The van der Waals surface area contributed by atoms with Crippen LogP contribution in [0.1, 0.15) is 40.4 Å². The molecule has 0 bridgehead atoms. The molecule has 7 nitrogen and oxygen atoms in total. The fraction of sp³-hybridized carbons (Fsp3) is 0.286. The van der Waals surface area contributed by atoms with Crippen LogP contribution in [0, 0.1) is 0 Å². The summed E-state index contributed by atoms with van der Waals surface area (Å²) in [5.74, 6) is -1.51. The van der Waals surface area contributed by atoms with E-state index in [0.29, 0.717) is 30.0 Å². The zero-order chi connectivity index (χ0) is 15.4. The number of carbonyl (C=O) groups is 2. The maximum absolute atomic E-state index is 11.6. The second kappa shape index (κ2) is 6.17. The number of aromatic nitrogens is 3. The van der Waals surface area contributed by atoms with Crippen LogP contribution in [-0.2, 0) is 11.2 Å². The molecule has 7 heteroatoms. The molecule has 110 valence electrons. The van der Waals surface area contributed by atoms with Crippen molar-refractivity contribution in [2.45, 2.75) is 20.3 Å². The summed E-state index contributed by atoms with van der Waals surface area (Å²) in [7, 11) is 0. The molecule has 1 N–H and O–H groups in total. The Hall–Kier alpha value is -2.70. The van der Waals surface area contributed by atoms with E-state index in [1.807, 2.05) is 6.92 Å². The molecule has 2 rings (SSSR count). The first-order valence-electron chi connectivity index (χ1n) is 6.53. The first-order chi connectivity index (χ1) is 10.1. The lowest BCUT2D eigenvalue weighted by atomic mass is 10.2. The summed E-state index contributed by atoms with van der Waals surface area (Å²) in [6.45, 7) is 3.88. The molecule has 0 atom stereocenters. The van der Waals surface area contributed by atoms with Crippen LogP contribution < -0.4 is 0 Å². The van der Waals surface area contributed by atoms with Crippen molar-refractivity contribution in [3.8, 4) is 5.69 Å². The average Bonchev–Trinajstić information content (AvgIpc) is 2.91. The molecule has 2 aromatic rings. The molecule has 0 amide bonds. The van der Waals surface area contributed by atoms with Gasteiger partial charge in [0.25, 0.3) is 0 Å². The molecule has 1 aromatic heterocycles. The summed E-state index contributed by atoms with van der Waals surface area (Å²) in [6.07, 6.45) is 0.480. The Morgan fingerprint density at radius 2 is 1.90 bits per heavy atom. The van der Waals surface area contributed by atoms with Crippen molar-refractivity contribution in [2.75, 3.05) is 6.61 Å². The summed E-state index contributed by atoms with van der Waals surface area (Å²) in [6, 6.07) is 6.56. The molecular weight excluding hydrogens is 274 g/mol. The lowest BCUT2D eigenvalue weighted by Gasteiger charge is -2.06. The second-order valence-electron chi connectivity index (χ2n) is 4.22. The summed E-state index contributed by atoms with van der Waals surface area (Å²) < 4.78 is 6.36. The predicted molar refractivity (Wildman–Crippen MR) is 73.7 cm³/mol. The summed E-state index contributed by atoms with van der Waals surface area (Å²) in [5.41, 5.74) is 1.51. The Morgan fingerprint density at radius 1 is 1.24 bits per heavy atom. The second-order valence-corrected chi connectivity index (χ2v) is 4.22. The number of carboxylic acid groups (broad SMARTS) is 1. The van der Waals surface area contributed by atoms with E-state index in [0.717, 1.165) is 0 Å². The van der Waals surface area contributed by atoms with Crippen LogP contribution in [0.3, 0.4) is 0 Å². The van der Waals surface area contributed by atoms with Gasteiger partial charge in [0.1, 0.15) is 0 Å². The Morgan fingerprint density at radius 3 is 2.43 bits per heavy atom. The van der Waals surface area contributed by atoms with Gasteiger partial charge in [-0.2, -0.15) is 0 Å². The molecule has 0 fully saturated rings. The number of hydrogen-bond donors (Lipinski definition) is 1. The SMILES string of the molecule is CCOC(=O)c1ccc(-n2nnc(C(=O)O)c2CC)cc1. The van der Waals surface area contributed by atoms with Crippen LogP contribution >= 0.6 is 0 Å². The smallest absolute Gasteiger partial charge is 0.358 e. The van der Waals surface area contributed by atoms with Crippen LogP contribution in [0.2, 0.25) is 0 Å². The van der Waals surface area contributed by atoms with E-state index < -0.39 is 11.9 Å². The normalized spacial score (nSPS) is 10.4. The molecule has 21 heavy (non-hydrogen) atoms. The number of benzene rings is 1. The topological polar surface area (TPSA) is 94.3 Å². The number of carboxylic acids is 1. The third-order valence-corrected chi connectivity index (χ3v) is 2.92. The van der Waals surface area contributed by atoms with Gasteiger partial charge in [-0.15, -0.1) is 5.10 Å². The zero-order valence-electron chi connectivity index (χ0n) is 11.7. The van der Waals surface area contributed by atoms with Gasteiger partial charge in [0, 0.05) is 0 Å². The molecule has 0 radical (unpaired) electrons. The van der Waals surface area contributed by atoms with Gasteiger partial charge >= 0.3 is 11.9 Å². The van der Waals surface area contributed by atoms with Gasteiger partial charge in [-0.25, -0.2) is 14.3 Å². The minimum absolute atomic E-state index is 0.0630. The number of esters is 1. The third kappa shape index (κ3) is 2.91. The molecule has 0 saturated carbocycles. The molecule has 1 heterocycles. The molecule has 0 aliphatic heterocycles. The number of hydrogen-bond acceptors (Lipinski definition) is 5. The third-order valence-electron chi connectivity index (χ3n) is 2.92. The number of nitrogens with zero attached hydrogens (tertiary/aromatic N) is 3. The summed E-state index contributed by atoms with van der Waals surface area (Å²) in [4.78, 5) is 22.6. The maximum atomic E-state index is 11.6. The lowest BCUT2D eigenvalue weighted by Crippen LogP contribution is -2.07. The van der Waals surface area contributed by atoms with Crippen LogP contribution in [0.25, 0.3) is 5.69 Å². The fourth-order valence-corrected chi connectivity index (χ4v) is 1.95. The first kappa shape index (κ1) is 14.7.